The van der Waals surface area contributed by atoms with Gasteiger partial charge < -0.3 is 15.0 Å². The molecule has 1 aromatic carbocycles. The second kappa shape index (κ2) is 11.6. The van der Waals surface area contributed by atoms with E-state index in [1.165, 1.54) is 5.56 Å². The zero-order valence-electron chi connectivity index (χ0n) is 16.7. The van der Waals surface area contributed by atoms with Crippen molar-refractivity contribution < 1.29 is 14.3 Å². The van der Waals surface area contributed by atoms with Crippen LogP contribution in [-0.2, 0) is 9.59 Å². The number of nitrogens with one attached hydrogen (secondary N) is 1. The van der Waals surface area contributed by atoms with Crippen LogP contribution in [0.25, 0.3) is 0 Å². The van der Waals surface area contributed by atoms with Gasteiger partial charge in [0.1, 0.15) is 12.4 Å². The van der Waals surface area contributed by atoms with E-state index in [4.69, 9.17) is 4.74 Å². The number of aryl methyl sites for hydroxylation is 1. The molecule has 0 unspecified atom stereocenters. The lowest BCUT2D eigenvalue weighted by Crippen LogP contribution is -2.38. The summed E-state index contributed by atoms with van der Waals surface area (Å²) in [5.41, 5.74) is 1.20. The summed E-state index contributed by atoms with van der Waals surface area (Å²) < 4.78 is 5.69. The topological polar surface area (TPSA) is 61.9 Å². The van der Waals surface area contributed by atoms with Crippen molar-refractivity contribution in [3.63, 3.8) is 0 Å². The summed E-state index contributed by atoms with van der Waals surface area (Å²) in [6.07, 6.45) is 4.71. The number of carbonyl (C=O) groups excluding carboxylic acids is 2. The Hall–Kier alpha value is -2.08. The molecule has 0 aromatic heterocycles. The second-order valence-electron chi connectivity index (χ2n) is 7.29. The summed E-state index contributed by atoms with van der Waals surface area (Å²) in [6, 6.07) is 7.95. The fraction of sp³-hybridized carbons (Fsp3) is 0.619. The van der Waals surface area contributed by atoms with Crippen molar-refractivity contribution in [2.75, 3.05) is 46.4 Å². The van der Waals surface area contributed by atoms with Crippen molar-refractivity contribution in [2.24, 2.45) is 0 Å². The van der Waals surface area contributed by atoms with Gasteiger partial charge in [-0.15, -0.1) is 0 Å². The molecule has 150 valence electrons. The number of amides is 2. The molecule has 0 spiro atoms. The van der Waals surface area contributed by atoms with Crippen molar-refractivity contribution in [3.8, 4) is 5.75 Å². The maximum atomic E-state index is 12.0. The van der Waals surface area contributed by atoms with Gasteiger partial charge in [-0.2, -0.15) is 0 Å². The van der Waals surface area contributed by atoms with Crippen LogP contribution in [0.3, 0.4) is 0 Å². The third-order valence-electron chi connectivity index (χ3n) is 4.77. The molecule has 6 heteroatoms. The largest absolute Gasteiger partial charge is 0.492 e. The highest BCUT2D eigenvalue weighted by atomic mass is 16.5. The van der Waals surface area contributed by atoms with E-state index in [1.54, 1.807) is 0 Å². The van der Waals surface area contributed by atoms with Gasteiger partial charge in [0, 0.05) is 32.6 Å². The summed E-state index contributed by atoms with van der Waals surface area (Å²) in [5.74, 6) is 1.11. The Labute approximate surface area is 162 Å². The lowest BCUT2D eigenvalue weighted by molar-refractivity contribution is -0.130. The van der Waals surface area contributed by atoms with Crippen LogP contribution < -0.4 is 10.1 Å². The maximum absolute atomic E-state index is 12.0. The number of ether oxygens (including phenoxy) is 1. The monoisotopic (exact) mass is 375 g/mol. The fourth-order valence-corrected chi connectivity index (χ4v) is 3.11. The Morgan fingerprint density at radius 3 is 2.78 bits per heavy atom. The first-order chi connectivity index (χ1) is 13.0. The molecule has 1 aromatic rings. The van der Waals surface area contributed by atoms with Gasteiger partial charge in [-0.1, -0.05) is 24.1 Å². The average Bonchev–Trinajstić information content (AvgIpc) is 2.84. The van der Waals surface area contributed by atoms with Gasteiger partial charge in [-0.25, -0.2) is 0 Å². The molecular weight excluding hydrogens is 342 g/mol. The number of likely N-dealkylation sites (tertiary alicyclic amines) is 1. The van der Waals surface area contributed by atoms with Crippen molar-refractivity contribution in [1.82, 2.24) is 15.1 Å². The normalized spacial score (nSPS) is 14.9. The number of benzene rings is 1. The van der Waals surface area contributed by atoms with Gasteiger partial charge >= 0.3 is 0 Å². The molecule has 0 radical (unpaired) electrons. The molecule has 2 rings (SSSR count). The molecule has 27 heavy (non-hydrogen) atoms. The number of carbonyl (C=O) groups is 2. The van der Waals surface area contributed by atoms with Crippen molar-refractivity contribution in [3.05, 3.63) is 29.8 Å². The molecule has 1 aliphatic heterocycles. The zero-order chi connectivity index (χ0) is 19.5. The van der Waals surface area contributed by atoms with Crippen LogP contribution in [0.5, 0.6) is 5.75 Å². The van der Waals surface area contributed by atoms with Crippen molar-refractivity contribution >= 4 is 11.8 Å². The molecule has 1 aliphatic rings. The van der Waals surface area contributed by atoms with Crippen LogP contribution in [0.15, 0.2) is 24.3 Å². The first-order valence-corrected chi connectivity index (χ1v) is 9.97. The number of nitrogens with zero attached hydrogens (tertiary/aromatic N) is 2. The standard InChI is InChI=1S/C21H33N3O3/c1-18-8-10-19(11-9-18)27-16-15-23(2)17-20(25)22-12-6-14-24-13-5-3-4-7-21(24)26/h8-11H,3-7,12-17H2,1-2H3,(H,22,25). The van der Waals surface area contributed by atoms with E-state index in [-0.39, 0.29) is 11.8 Å². The predicted octanol–water partition coefficient (Wildman–Crippen LogP) is 2.21. The Bertz CT molecular complexity index is 589. The molecule has 0 aliphatic carbocycles. The van der Waals surface area contributed by atoms with Crippen LogP contribution in [0.2, 0.25) is 0 Å². The van der Waals surface area contributed by atoms with Crippen LogP contribution in [0.4, 0.5) is 0 Å². The van der Waals surface area contributed by atoms with Gasteiger partial charge in [0.15, 0.2) is 0 Å². The summed E-state index contributed by atoms with van der Waals surface area (Å²) >= 11 is 0. The van der Waals surface area contributed by atoms with Gasteiger partial charge in [0.25, 0.3) is 0 Å². The molecule has 1 saturated heterocycles. The lowest BCUT2D eigenvalue weighted by atomic mass is 10.2. The van der Waals surface area contributed by atoms with Gasteiger partial charge in [0.2, 0.25) is 11.8 Å². The Balaban J connectivity index is 1.54. The van der Waals surface area contributed by atoms with Gasteiger partial charge in [0.05, 0.1) is 6.54 Å². The summed E-state index contributed by atoms with van der Waals surface area (Å²) in [4.78, 5) is 27.8. The minimum absolute atomic E-state index is 0.00929. The number of hydrogen-bond acceptors (Lipinski definition) is 4. The minimum Gasteiger partial charge on any atom is -0.492 e. The van der Waals surface area contributed by atoms with Crippen LogP contribution in [0, 0.1) is 6.92 Å². The first-order valence-electron chi connectivity index (χ1n) is 9.97. The Kier molecular flexibility index (Phi) is 9.11. The van der Waals surface area contributed by atoms with E-state index in [1.807, 2.05) is 48.0 Å². The van der Waals surface area contributed by atoms with E-state index < -0.39 is 0 Å². The molecule has 1 heterocycles. The molecule has 6 nitrogen and oxygen atoms in total. The third-order valence-corrected chi connectivity index (χ3v) is 4.77. The Morgan fingerprint density at radius 2 is 2.00 bits per heavy atom. The third kappa shape index (κ3) is 8.43. The highest BCUT2D eigenvalue weighted by Gasteiger charge is 2.15. The smallest absolute Gasteiger partial charge is 0.234 e. The van der Waals surface area contributed by atoms with E-state index in [0.717, 1.165) is 44.5 Å². The summed E-state index contributed by atoms with van der Waals surface area (Å²) in [7, 11) is 1.91. The maximum Gasteiger partial charge on any atom is 0.234 e. The second-order valence-corrected chi connectivity index (χ2v) is 7.29. The number of rotatable bonds is 10. The molecule has 0 bridgehead atoms. The van der Waals surface area contributed by atoms with E-state index in [0.29, 0.717) is 32.7 Å². The van der Waals surface area contributed by atoms with Crippen molar-refractivity contribution in [2.45, 2.75) is 39.0 Å². The lowest BCUT2D eigenvalue weighted by Gasteiger charge is -2.21. The van der Waals surface area contributed by atoms with Crippen molar-refractivity contribution in [1.29, 1.82) is 0 Å². The molecule has 1 fully saturated rings. The summed E-state index contributed by atoms with van der Waals surface area (Å²) in [5, 5.41) is 2.94. The SMILES string of the molecule is Cc1ccc(OCCN(C)CC(=O)NCCCN2CCCCCC2=O)cc1. The van der Waals surface area contributed by atoms with Crippen LogP contribution in [0.1, 0.15) is 37.7 Å². The van der Waals surface area contributed by atoms with Gasteiger partial charge in [-0.3, -0.25) is 14.5 Å². The highest BCUT2D eigenvalue weighted by molar-refractivity contribution is 5.78. The fourth-order valence-electron chi connectivity index (χ4n) is 3.11. The van der Waals surface area contributed by atoms with Gasteiger partial charge in [-0.05, 0) is 45.4 Å². The summed E-state index contributed by atoms with van der Waals surface area (Å²) in [6.45, 7) is 5.82. The first kappa shape index (κ1) is 21.2. The molecule has 0 atom stereocenters. The van der Waals surface area contributed by atoms with E-state index >= 15 is 0 Å². The number of likely N-dealkylation sites (N-methyl/N-ethyl adjacent to an activating group) is 1. The molecule has 0 saturated carbocycles. The zero-order valence-corrected chi connectivity index (χ0v) is 16.7. The van der Waals surface area contributed by atoms with Crippen LogP contribution >= 0.6 is 0 Å². The molecular formula is C21H33N3O3. The van der Waals surface area contributed by atoms with E-state index in [9.17, 15) is 9.59 Å². The van der Waals surface area contributed by atoms with Crippen LogP contribution in [-0.4, -0.2) is 68.0 Å². The quantitative estimate of drug-likeness (QED) is 0.637. The molecule has 2 amide bonds. The minimum atomic E-state index is 0.00929. The highest BCUT2D eigenvalue weighted by Crippen LogP contribution is 2.12. The Morgan fingerprint density at radius 1 is 1.22 bits per heavy atom. The molecule has 1 N–H and O–H groups in total. The average molecular weight is 376 g/mol. The van der Waals surface area contributed by atoms with E-state index in [2.05, 4.69) is 5.32 Å². The predicted molar refractivity (Wildman–Crippen MR) is 107 cm³/mol. The number of hydrogen-bond donors (Lipinski definition) is 1.